The fraction of sp³-hybridized carbons (Fsp3) is 0.480. The molecule has 0 unspecified atom stereocenters. The van der Waals surface area contributed by atoms with E-state index in [-0.39, 0.29) is 17.9 Å². The average Bonchev–Trinajstić information content (AvgIpc) is 2.69. The van der Waals surface area contributed by atoms with Gasteiger partial charge in [0.05, 0.1) is 25.1 Å². The Bertz CT molecular complexity index is 1060. The number of ether oxygens (including phenoxy) is 1. The van der Waals surface area contributed by atoms with Crippen LogP contribution in [0.25, 0.3) is 0 Å². The predicted molar refractivity (Wildman–Crippen MR) is 131 cm³/mol. The number of hydrogen-bond donors (Lipinski definition) is 1. The van der Waals surface area contributed by atoms with E-state index in [9.17, 15) is 13.2 Å². The van der Waals surface area contributed by atoms with Gasteiger partial charge in [0.15, 0.2) is 0 Å². The summed E-state index contributed by atoms with van der Waals surface area (Å²) in [4.78, 5) is 13.3. The molecule has 1 amide bonds. The molecule has 0 aliphatic heterocycles. The van der Waals surface area contributed by atoms with Crippen molar-refractivity contribution in [3.8, 4) is 5.75 Å². The Hall–Kier alpha value is -2.54. The van der Waals surface area contributed by atoms with Crippen LogP contribution in [0.3, 0.4) is 0 Å². The van der Waals surface area contributed by atoms with Crippen LogP contribution in [0.2, 0.25) is 0 Å². The molecule has 0 fully saturated rings. The molecule has 0 saturated carbocycles. The van der Waals surface area contributed by atoms with Crippen LogP contribution in [0.5, 0.6) is 5.75 Å². The van der Waals surface area contributed by atoms with Crippen LogP contribution in [0.4, 0.5) is 5.69 Å². The van der Waals surface area contributed by atoms with Crippen molar-refractivity contribution in [3.63, 3.8) is 0 Å². The van der Waals surface area contributed by atoms with E-state index in [1.807, 2.05) is 39.8 Å². The fourth-order valence-electron chi connectivity index (χ4n) is 4.02. The zero-order valence-corrected chi connectivity index (χ0v) is 21.2. The average molecular weight is 461 g/mol. The first-order valence-corrected chi connectivity index (χ1v) is 12.8. The lowest BCUT2D eigenvalue weighted by molar-refractivity contribution is -0.122. The quantitative estimate of drug-likeness (QED) is 0.580. The van der Waals surface area contributed by atoms with E-state index in [0.29, 0.717) is 12.1 Å². The monoisotopic (exact) mass is 460 g/mol. The molecular weight excluding hydrogens is 424 g/mol. The van der Waals surface area contributed by atoms with Crippen molar-refractivity contribution < 1.29 is 17.9 Å². The standard InChI is InChI=1S/C25H36N2O4S/c1-9-23(27(32(8,29)30)20-12-10-11-17(4)13-20)25(28)26-19(6)22-15-21(16(2)3)24(31-7)14-18(22)5/h10-16,19,23H,9H2,1-8H3,(H,26,28)/t19-,23-/m0/s1. The normalized spacial score (nSPS) is 13.5. The van der Waals surface area contributed by atoms with Gasteiger partial charge in [0.25, 0.3) is 0 Å². The minimum Gasteiger partial charge on any atom is -0.496 e. The molecule has 2 aromatic carbocycles. The van der Waals surface area contributed by atoms with Crippen LogP contribution in [0.1, 0.15) is 68.3 Å². The van der Waals surface area contributed by atoms with Gasteiger partial charge in [-0.2, -0.15) is 0 Å². The van der Waals surface area contributed by atoms with Crippen molar-refractivity contribution in [2.24, 2.45) is 0 Å². The number of nitrogens with zero attached hydrogens (tertiary/aromatic N) is 1. The number of hydrogen-bond acceptors (Lipinski definition) is 4. The Balaban J connectivity index is 2.39. The Kier molecular flexibility index (Phi) is 8.35. The zero-order valence-electron chi connectivity index (χ0n) is 20.4. The molecule has 0 radical (unpaired) electrons. The zero-order chi connectivity index (χ0) is 24.2. The van der Waals surface area contributed by atoms with Crippen molar-refractivity contribution in [1.29, 1.82) is 0 Å². The van der Waals surface area contributed by atoms with Crippen molar-refractivity contribution in [2.75, 3.05) is 17.7 Å². The van der Waals surface area contributed by atoms with Gasteiger partial charge in [-0.3, -0.25) is 9.10 Å². The number of methoxy groups -OCH3 is 1. The van der Waals surface area contributed by atoms with Crippen LogP contribution in [-0.2, 0) is 14.8 Å². The highest BCUT2D eigenvalue weighted by Gasteiger charge is 2.32. The highest BCUT2D eigenvalue weighted by Crippen LogP contribution is 2.32. The first kappa shape index (κ1) is 25.7. The second-order valence-corrected chi connectivity index (χ2v) is 10.5. The van der Waals surface area contributed by atoms with Crippen molar-refractivity contribution in [1.82, 2.24) is 5.32 Å². The van der Waals surface area contributed by atoms with Crippen molar-refractivity contribution in [3.05, 3.63) is 58.7 Å². The number of aryl methyl sites for hydroxylation is 2. The molecule has 6 nitrogen and oxygen atoms in total. The lowest BCUT2D eigenvalue weighted by Crippen LogP contribution is -2.49. The second kappa shape index (κ2) is 10.4. The van der Waals surface area contributed by atoms with Gasteiger partial charge in [-0.25, -0.2) is 8.42 Å². The van der Waals surface area contributed by atoms with E-state index in [1.54, 1.807) is 25.3 Å². The summed E-state index contributed by atoms with van der Waals surface area (Å²) in [5, 5.41) is 3.04. The van der Waals surface area contributed by atoms with Gasteiger partial charge in [0.1, 0.15) is 11.8 Å². The molecule has 0 spiro atoms. The first-order chi connectivity index (χ1) is 14.9. The maximum absolute atomic E-state index is 13.3. The summed E-state index contributed by atoms with van der Waals surface area (Å²) in [5.74, 6) is 0.764. The van der Waals surface area contributed by atoms with Gasteiger partial charge < -0.3 is 10.1 Å². The first-order valence-electron chi connectivity index (χ1n) is 11.0. The van der Waals surface area contributed by atoms with E-state index >= 15 is 0 Å². The lowest BCUT2D eigenvalue weighted by atomic mass is 9.93. The molecule has 1 N–H and O–H groups in total. The molecule has 0 aromatic heterocycles. The van der Waals surface area contributed by atoms with Gasteiger partial charge in [0.2, 0.25) is 15.9 Å². The topological polar surface area (TPSA) is 75.7 Å². The fourth-order valence-corrected chi connectivity index (χ4v) is 5.23. The summed E-state index contributed by atoms with van der Waals surface area (Å²) in [6, 6.07) is 10.1. The molecule has 0 bridgehead atoms. The van der Waals surface area contributed by atoms with Gasteiger partial charge in [-0.1, -0.05) is 32.9 Å². The second-order valence-electron chi connectivity index (χ2n) is 8.66. The van der Waals surface area contributed by atoms with Crippen LogP contribution in [-0.4, -0.2) is 33.7 Å². The predicted octanol–water partition coefficient (Wildman–Crippen LogP) is 4.86. The van der Waals surface area contributed by atoms with E-state index in [0.717, 1.165) is 34.3 Å². The minimum atomic E-state index is -3.67. The van der Waals surface area contributed by atoms with Crippen LogP contribution in [0, 0.1) is 13.8 Å². The summed E-state index contributed by atoms with van der Waals surface area (Å²) in [6.07, 6.45) is 1.48. The highest BCUT2D eigenvalue weighted by molar-refractivity contribution is 7.92. The molecule has 2 aromatic rings. The maximum Gasteiger partial charge on any atom is 0.244 e. The number of amides is 1. The van der Waals surface area contributed by atoms with Gasteiger partial charge in [0, 0.05) is 0 Å². The van der Waals surface area contributed by atoms with Gasteiger partial charge in [-0.15, -0.1) is 0 Å². The van der Waals surface area contributed by atoms with Crippen LogP contribution >= 0.6 is 0 Å². The van der Waals surface area contributed by atoms with Crippen molar-refractivity contribution in [2.45, 2.75) is 66.0 Å². The summed E-state index contributed by atoms with van der Waals surface area (Å²) >= 11 is 0. The third-order valence-electron chi connectivity index (χ3n) is 5.65. The molecule has 0 heterocycles. The molecule has 0 aliphatic carbocycles. The molecule has 0 saturated heterocycles. The molecule has 2 rings (SSSR count). The molecule has 32 heavy (non-hydrogen) atoms. The Morgan fingerprint density at radius 2 is 1.75 bits per heavy atom. The van der Waals surface area contributed by atoms with Crippen LogP contribution < -0.4 is 14.4 Å². The van der Waals surface area contributed by atoms with E-state index in [2.05, 4.69) is 25.2 Å². The maximum atomic E-state index is 13.3. The molecule has 176 valence electrons. The number of anilines is 1. The molecular formula is C25H36N2O4S. The summed E-state index contributed by atoms with van der Waals surface area (Å²) in [6.45, 7) is 11.8. The van der Waals surface area contributed by atoms with E-state index in [1.165, 1.54) is 4.31 Å². The third-order valence-corrected chi connectivity index (χ3v) is 6.83. The molecule has 7 heteroatoms. The number of rotatable bonds is 9. The Labute approximate surface area is 193 Å². The smallest absolute Gasteiger partial charge is 0.244 e. The van der Waals surface area contributed by atoms with E-state index in [4.69, 9.17) is 4.74 Å². The Morgan fingerprint density at radius 1 is 1.09 bits per heavy atom. The summed E-state index contributed by atoms with van der Waals surface area (Å²) in [5.41, 5.74) is 4.48. The molecule has 0 aliphatic rings. The number of nitrogens with one attached hydrogen (secondary N) is 1. The highest BCUT2D eigenvalue weighted by atomic mass is 32.2. The third kappa shape index (κ3) is 5.82. The lowest BCUT2D eigenvalue weighted by Gasteiger charge is -2.31. The van der Waals surface area contributed by atoms with Gasteiger partial charge >= 0.3 is 0 Å². The molecule has 2 atom stereocenters. The number of carbonyl (C=O) groups excluding carboxylic acids is 1. The number of benzene rings is 2. The summed E-state index contributed by atoms with van der Waals surface area (Å²) in [7, 11) is -2.02. The summed E-state index contributed by atoms with van der Waals surface area (Å²) < 4.78 is 32.1. The number of carbonyl (C=O) groups is 1. The Morgan fingerprint density at radius 3 is 2.25 bits per heavy atom. The van der Waals surface area contributed by atoms with Crippen molar-refractivity contribution >= 4 is 21.6 Å². The largest absolute Gasteiger partial charge is 0.496 e. The SMILES string of the molecule is CC[C@@H](C(=O)N[C@@H](C)c1cc(C(C)C)c(OC)cc1C)N(c1cccc(C)c1)S(C)(=O)=O. The minimum absolute atomic E-state index is 0.262. The van der Waals surface area contributed by atoms with Crippen LogP contribution in [0.15, 0.2) is 36.4 Å². The van der Waals surface area contributed by atoms with Gasteiger partial charge in [-0.05, 0) is 79.6 Å². The van der Waals surface area contributed by atoms with E-state index < -0.39 is 16.1 Å². The number of sulfonamides is 1.